The van der Waals surface area contributed by atoms with Crippen molar-refractivity contribution in [1.29, 1.82) is 0 Å². The SMILES string of the molecule is OC[C@@H]1CCN(C2CCN(c3ccc4c(c3)OCO4)CC2)C[C@H]1O. The molecule has 1 aromatic rings. The van der Waals surface area contributed by atoms with Crippen molar-refractivity contribution in [3.05, 3.63) is 18.2 Å². The van der Waals surface area contributed by atoms with Crippen LogP contribution in [0.25, 0.3) is 0 Å². The van der Waals surface area contributed by atoms with E-state index in [0.717, 1.165) is 50.4 Å². The lowest BCUT2D eigenvalue weighted by Gasteiger charge is -2.43. The molecule has 132 valence electrons. The van der Waals surface area contributed by atoms with Gasteiger partial charge in [0, 0.05) is 50.0 Å². The summed E-state index contributed by atoms with van der Waals surface area (Å²) in [4.78, 5) is 4.81. The van der Waals surface area contributed by atoms with Crippen molar-refractivity contribution in [3.8, 4) is 11.5 Å². The highest BCUT2D eigenvalue weighted by Crippen LogP contribution is 2.36. The molecule has 1 aromatic carbocycles. The number of aliphatic hydroxyl groups excluding tert-OH is 2. The third kappa shape index (κ3) is 3.06. The normalized spacial score (nSPS) is 28.3. The number of nitrogens with zero attached hydrogens (tertiary/aromatic N) is 2. The zero-order valence-electron chi connectivity index (χ0n) is 13.9. The first-order valence-electron chi connectivity index (χ1n) is 8.92. The summed E-state index contributed by atoms with van der Waals surface area (Å²) >= 11 is 0. The molecule has 0 aromatic heterocycles. The number of ether oxygens (including phenoxy) is 2. The minimum Gasteiger partial charge on any atom is -0.454 e. The van der Waals surface area contributed by atoms with Crippen LogP contribution in [-0.2, 0) is 0 Å². The van der Waals surface area contributed by atoms with Gasteiger partial charge in [-0.05, 0) is 37.9 Å². The molecule has 6 heteroatoms. The number of anilines is 1. The molecule has 2 atom stereocenters. The Hall–Kier alpha value is -1.50. The van der Waals surface area contributed by atoms with Crippen LogP contribution < -0.4 is 14.4 Å². The van der Waals surface area contributed by atoms with E-state index in [1.165, 1.54) is 5.69 Å². The molecular weight excluding hydrogens is 308 g/mol. The van der Waals surface area contributed by atoms with Crippen molar-refractivity contribution in [1.82, 2.24) is 4.90 Å². The van der Waals surface area contributed by atoms with Gasteiger partial charge < -0.3 is 24.6 Å². The predicted molar refractivity (Wildman–Crippen MR) is 90.6 cm³/mol. The maximum absolute atomic E-state index is 10.2. The summed E-state index contributed by atoms with van der Waals surface area (Å²) in [5.74, 6) is 1.72. The number of benzene rings is 1. The van der Waals surface area contributed by atoms with E-state index < -0.39 is 6.10 Å². The Kier molecular flexibility index (Phi) is 4.52. The monoisotopic (exact) mass is 334 g/mol. The molecule has 2 N–H and O–H groups in total. The lowest BCUT2D eigenvalue weighted by molar-refractivity contribution is -0.0198. The Morgan fingerprint density at radius 3 is 2.58 bits per heavy atom. The number of rotatable bonds is 3. The number of β-amino-alcohol motifs (C(OH)–C–C–N with tert-alkyl or cyclic N) is 1. The quantitative estimate of drug-likeness (QED) is 0.862. The second-order valence-corrected chi connectivity index (χ2v) is 7.05. The molecule has 6 nitrogen and oxygen atoms in total. The molecule has 0 amide bonds. The van der Waals surface area contributed by atoms with Crippen molar-refractivity contribution in [3.63, 3.8) is 0 Å². The summed E-state index contributed by atoms with van der Waals surface area (Å²) in [7, 11) is 0. The van der Waals surface area contributed by atoms with Crippen LogP contribution in [0.4, 0.5) is 5.69 Å². The molecule has 0 bridgehead atoms. The summed E-state index contributed by atoms with van der Waals surface area (Å²) in [6.07, 6.45) is 2.70. The molecule has 3 aliphatic rings. The summed E-state index contributed by atoms with van der Waals surface area (Å²) in [5, 5.41) is 19.4. The van der Waals surface area contributed by atoms with Crippen LogP contribution >= 0.6 is 0 Å². The first kappa shape index (κ1) is 16.0. The minimum absolute atomic E-state index is 0.0509. The van der Waals surface area contributed by atoms with E-state index in [1.54, 1.807) is 0 Å². The summed E-state index contributed by atoms with van der Waals surface area (Å²) in [5.41, 5.74) is 1.19. The number of piperidine rings is 2. The van der Waals surface area contributed by atoms with Crippen molar-refractivity contribution in [2.24, 2.45) is 5.92 Å². The number of fused-ring (bicyclic) bond motifs is 1. The van der Waals surface area contributed by atoms with Crippen molar-refractivity contribution in [2.75, 3.05) is 44.5 Å². The largest absolute Gasteiger partial charge is 0.454 e. The van der Waals surface area contributed by atoms with Crippen LogP contribution in [-0.4, -0.2) is 66.8 Å². The predicted octanol–water partition coefficient (Wildman–Crippen LogP) is 1.06. The summed E-state index contributed by atoms with van der Waals surface area (Å²) in [6.45, 7) is 4.11. The van der Waals surface area contributed by atoms with Crippen LogP contribution in [0, 0.1) is 5.92 Å². The van der Waals surface area contributed by atoms with Crippen molar-refractivity contribution < 1.29 is 19.7 Å². The van der Waals surface area contributed by atoms with Gasteiger partial charge in [-0.15, -0.1) is 0 Å². The molecule has 2 fully saturated rings. The average molecular weight is 334 g/mol. The zero-order chi connectivity index (χ0) is 16.5. The molecule has 24 heavy (non-hydrogen) atoms. The number of hydrogen-bond donors (Lipinski definition) is 2. The van der Waals surface area contributed by atoms with Gasteiger partial charge in [0.15, 0.2) is 11.5 Å². The number of hydrogen-bond acceptors (Lipinski definition) is 6. The van der Waals surface area contributed by atoms with Gasteiger partial charge in [0.05, 0.1) is 6.10 Å². The van der Waals surface area contributed by atoms with Crippen LogP contribution in [0.2, 0.25) is 0 Å². The van der Waals surface area contributed by atoms with Gasteiger partial charge in [-0.3, -0.25) is 4.90 Å². The Morgan fingerprint density at radius 2 is 1.83 bits per heavy atom. The van der Waals surface area contributed by atoms with E-state index >= 15 is 0 Å². The zero-order valence-corrected chi connectivity index (χ0v) is 13.9. The molecule has 0 saturated carbocycles. The Morgan fingerprint density at radius 1 is 1.04 bits per heavy atom. The van der Waals surface area contributed by atoms with Crippen LogP contribution in [0.5, 0.6) is 11.5 Å². The van der Waals surface area contributed by atoms with Crippen LogP contribution in [0.3, 0.4) is 0 Å². The van der Waals surface area contributed by atoms with Gasteiger partial charge in [-0.2, -0.15) is 0 Å². The molecule has 0 unspecified atom stereocenters. The molecule has 0 aliphatic carbocycles. The molecular formula is C18H26N2O4. The minimum atomic E-state index is -0.393. The fraction of sp³-hybridized carbons (Fsp3) is 0.667. The fourth-order valence-electron chi connectivity index (χ4n) is 4.12. The fourth-order valence-corrected chi connectivity index (χ4v) is 4.12. The van der Waals surface area contributed by atoms with E-state index in [2.05, 4.69) is 21.9 Å². The molecule has 4 rings (SSSR count). The topological polar surface area (TPSA) is 65.4 Å². The number of likely N-dealkylation sites (tertiary alicyclic amines) is 1. The third-order valence-electron chi connectivity index (χ3n) is 5.69. The molecule has 0 spiro atoms. The van der Waals surface area contributed by atoms with E-state index in [1.807, 2.05) is 6.07 Å². The van der Waals surface area contributed by atoms with E-state index in [9.17, 15) is 10.2 Å². The number of aliphatic hydroxyl groups is 2. The van der Waals surface area contributed by atoms with Gasteiger partial charge in [-0.1, -0.05) is 0 Å². The molecule has 3 aliphatic heterocycles. The van der Waals surface area contributed by atoms with E-state index in [4.69, 9.17) is 9.47 Å². The molecule has 3 heterocycles. The second-order valence-electron chi connectivity index (χ2n) is 7.05. The highest BCUT2D eigenvalue weighted by Gasteiger charge is 2.32. The maximum atomic E-state index is 10.2. The standard InChI is InChI=1S/C18H26N2O4/c21-11-13-3-6-20(10-16(13)22)14-4-7-19(8-5-14)15-1-2-17-18(9-15)24-12-23-17/h1-2,9,13-14,16,21-22H,3-8,10-12H2/t13-,16+/m0/s1. The first-order chi connectivity index (χ1) is 11.7. The van der Waals surface area contributed by atoms with Gasteiger partial charge in [0.1, 0.15) is 0 Å². The Balaban J connectivity index is 1.34. The summed E-state index contributed by atoms with van der Waals surface area (Å²) < 4.78 is 10.8. The van der Waals surface area contributed by atoms with Crippen LogP contribution in [0.1, 0.15) is 19.3 Å². The van der Waals surface area contributed by atoms with Gasteiger partial charge in [0.25, 0.3) is 0 Å². The maximum Gasteiger partial charge on any atom is 0.231 e. The Labute approximate surface area is 142 Å². The average Bonchev–Trinajstić information content (AvgIpc) is 3.09. The van der Waals surface area contributed by atoms with Gasteiger partial charge in [0.2, 0.25) is 6.79 Å². The molecule has 0 radical (unpaired) electrons. The Bertz CT molecular complexity index is 574. The molecule has 2 saturated heterocycles. The van der Waals surface area contributed by atoms with Crippen molar-refractivity contribution >= 4 is 5.69 Å². The van der Waals surface area contributed by atoms with Gasteiger partial charge >= 0.3 is 0 Å². The second kappa shape index (κ2) is 6.78. The smallest absolute Gasteiger partial charge is 0.231 e. The third-order valence-corrected chi connectivity index (χ3v) is 5.69. The summed E-state index contributed by atoms with van der Waals surface area (Å²) in [6, 6.07) is 6.69. The van der Waals surface area contributed by atoms with Crippen molar-refractivity contribution in [2.45, 2.75) is 31.4 Å². The van der Waals surface area contributed by atoms with E-state index in [0.29, 0.717) is 19.4 Å². The lowest BCUT2D eigenvalue weighted by atomic mass is 9.92. The van der Waals surface area contributed by atoms with Crippen LogP contribution in [0.15, 0.2) is 18.2 Å². The lowest BCUT2D eigenvalue weighted by Crippen LogP contribution is -2.52. The highest BCUT2D eigenvalue weighted by molar-refractivity contribution is 5.57. The first-order valence-corrected chi connectivity index (χ1v) is 8.92. The van der Waals surface area contributed by atoms with Gasteiger partial charge in [-0.25, -0.2) is 0 Å². The van der Waals surface area contributed by atoms with E-state index in [-0.39, 0.29) is 12.5 Å². The highest BCUT2D eigenvalue weighted by atomic mass is 16.7.